The Bertz CT molecular complexity index is 919. The molecule has 4 rings (SSSR count). The first-order valence-corrected chi connectivity index (χ1v) is 10.0. The number of benzene rings is 2. The van der Waals surface area contributed by atoms with E-state index in [-0.39, 0.29) is 24.8 Å². The summed E-state index contributed by atoms with van der Waals surface area (Å²) in [5, 5.41) is 2.76. The Hall–Kier alpha value is -3.15. The highest BCUT2D eigenvalue weighted by Crippen LogP contribution is 2.45. The van der Waals surface area contributed by atoms with E-state index in [0.29, 0.717) is 17.2 Å². The Morgan fingerprint density at radius 3 is 2.45 bits per heavy atom. The van der Waals surface area contributed by atoms with Crippen LogP contribution in [0.4, 0.5) is 5.69 Å². The molecule has 0 atom stereocenters. The number of para-hydroxylation sites is 1. The number of hydrogen-bond acceptors (Lipinski definition) is 4. The molecule has 6 nitrogen and oxygen atoms in total. The molecule has 150 valence electrons. The molecule has 0 radical (unpaired) electrons. The standard InChI is InChI=1S/C23H24N2O4/c26-20(16-25-21(27)15-23(22(25)28)12-5-2-6-13-23)24-17-8-7-11-19(14-17)29-18-9-3-1-4-10-18/h1,3-4,7-11,14H,2,5-6,12-13,15-16H2,(H,24,26). The number of imide groups is 1. The highest BCUT2D eigenvalue weighted by Gasteiger charge is 2.51. The number of anilines is 1. The van der Waals surface area contributed by atoms with E-state index in [1.807, 2.05) is 30.3 Å². The third-order valence-electron chi connectivity index (χ3n) is 5.70. The fourth-order valence-electron chi connectivity index (χ4n) is 4.25. The van der Waals surface area contributed by atoms with Crippen molar-refractivity contribution in [1.29, 1.82) is 0 Å². The van der Waals surface area contributed by atoms with Crippen molar-refractivity contribution >= 4 is 23.4 Å². The van der Waals surface area contributed by atoms with Gasteiger partial charge in [0.05, 0.1) is 5.41 Å². The maximum Gasteiger partial charge on any atom is 0.244 e. The van der Waals surface area contributed by atoms with E-state index in [1.54, 1.807) is 24.3 Å². The van der Waals surface area contributed by atoms with Crippen LogP contribution in [0.25, 0.3) is 0 Å². The number of nitrogens with one attached hydrogen (secondary N) is 1. The predicted octanol–water partition coefficient (Wildman–Crippen LogP) is 4.13. The van der Waals surface area contributed by atoms with Gasteiger partial charge in [-0.2, -0.15) is 0 Å². The molecule has 1 aliphatic heterocycles. The molecular weight excluding hydrogens is 368 g/mol. The summed E-state index contributed by atoms with van der Waals surface area (Å²) in [7, 11) is 0. The van der Waals surface area contributed by atoms with Gasteiger partial charge in [-0.15, -0.1) is 0 Å². The molecule has 2 aromatic carbocycles. The average Bonchev–Trinajstić information content (AvgIpc) is 2.93. The van der Waals surface area contributed by atoms with E-state index in [9.17, 15) is 14.4 Å². The molecule has 1 heterocycles. The molecule has 1 saturated carbocycles. The normalized spacial score (nSPS) is 18.1. The van der Waals surface area contributed by atoms with Gasteiger partial charge in [-0.05, 0) is 37.1 Å². The molecule has 2 fully saturated rings. The Balaban J connectivity index is 1.39. The summed E-state index contributed by atoms with van der Waals surface area (Å²) in [5.41, 5.74) is -0.0195. The lowest BCUT2D eigenvalue weighted by atomic mass is 9.73. The van der Waals surface area contributed by atoms with Crippen molar-refractivity contribution in [3.63, 3.8) is 0 Å². The number of hydrogen-bond donors (Lipinski definition) is 1. The van der Waals surface area contributed by atoms with E-state index in [0.717, 1.165) is 37.0 Å². The number of ether oxygens (including phenoxy) is 1. The van der Waals surface area contributed by atoms with Crippen molar-refractivity contribution in [2.45, 2.75) is 38.5 Å². The minimum Gasteiger partial charge on any atom is -0.457 e. The first-order valence-electron chi connectivity index (χ1n) is 10.0. The van der Waals surface area contributed by atoms with Gasteiger partial charge in [-0.25, -0.2) is 0 Å². The smallest absolute Gasteiger partial charge is 0.244 e. The van der Waals surface area contributed by atoms with E-state index in [4.69, 9.17) is 4.74 Å². The van der Waals surface area contributed by atoms with E-state index < -0.39 is 11.3 Å². The maximum absolute atomic E-state index is 12.8. The minimum absolute atomic E-state index is 0.182. The molecule has 1 aliphatic carbocycles. The SMILES string of the molecule is O=C(CN1C(=O)CC2(CCCCC2)C1=O)Nc1cccc(Oc2ccccc2)c1. The van der Waals surface area contributed by atoms with Crippen LogP contribution in [-0.2, 0) is 14.4 Å². The van der Waals surface area contributed by atoms with E-state index in [2.05, 4.69) is 5.32 Å². The molecule has 0 unspecified atom stereocenters. The van der Waals surface area contributed by atoms with Gasteiger partial charge in [0.25, 0.3) is 0 Å². The van der Waals surface area contributed by atoms with Gasteiger partial charge in [0.15, 0.2) is 0 Å². The maximum atomic E-state index is 12.8. The zero-order valence-corrected chi connectivity index (χ0v) is 16.2. The van der Waals surface area contributed by atoms with Gasteiger partial charge in [-0.1, -0.05) is 43.5 Å². The van der Waals surface area contributed by atoms with Gasteiger partial charge >= 0.3 is 0 Å². The third-order valence-corrected chi connectivity index (χ3v) is 5.70. The lowest BCUT2D eigenvalue weighted by molar-refractivity contribution is -0.144. The van der Waals surface area contributed by atoms with Gasteiger partial charge < -0.3 is 10.1 Å². The van der Waals surface area contributed by atoms with Crippen LogP contribution < -0.4 is 10.1 Å². The third kappa shape index (κ3) is 4.16. The summed E-state index contributed by atoms with van der Waals surface area (Å²) < 4.78 is 5.77. The van der Waals surface area contributed by atoms with Crippen molar-refractivity contribution in [2.24, 2.45) is 5.41 Å². The molecule has 6 heteroatoms. The largest absolute Gasteiger partial charge is 0.457 e. The second-order valence-electron chi connectivity index (χ2n) is 7.79. The number of rotatable bonds is 5. The average molecular weight is 392 g/mol. The van der Waals surface area contributed by atoms with Crippen molar-refractivity contribution in [2.75, 3.05) is 11.9 Å². The Kier molecular flexibility index (Phi) is 5.34. The van der Waals surface area contributed by atoms with Crippen LogP contribution in [0.5, 0.6) is 11.5 Å². The Morgan fingerprint density at radius 2 is 1.69 bits per heavy atom. The van der Waals surface area contributed by atoms with Gasteiger partial charge in [0, 0.05) is 18.2 Å². The molecule has 0 bridgehead atoms. The monoisotopic (exact) mass is 392 g/mol. The summed E-state index contributed by atoms with van der Waals surface area (Å²) in [6.07, 6.45) is 4.76. The summed E-state index contributed by atoms with van der Waals surface area (Å²) in [5.74, 6) is 0.466. The number of likely N-dealkylation sites (tertiary alicyclic amines) is 1. The van der Waals surface area contributed by atoms with Crippen molar-refractivity contribution < 1.29 is 19.1 Å². The topological polar surface area (TPSA) is 75.7 Å². The molecule has 29 heavy (non-hydrogen) atoms. The van der Waals surface area contributed by atoms with Crippen molar-refractivity contribution in [3.8, 4) is 11.5 Å². The van der Waals surface area contributed by atoms with Crippen LogP contribution in [0.3, 0.4) is 0 Å². The summed E-state index contributed by atoms with van der Waals surface area (Å²) in [4.78, 5) is 38.9. The lowest BCUT2D eigenvalue weighted by Crippen LogP contribution is -2.41. The second kappa shape index (κ2) is 8.07. The highest BCUT2D eigenvalue weighted by molar-refractivity contribution is 6.09. The molecule has 0 aromatic heterocycles. The highest BCUT2D eigenvalue weighted by atomic mass is 16.5. The summed E-state index contributed by atoms with van der Waals surface area (Å²) in [6.45, 7) is -0.247. The van der Waals surface area contributed by atoms with Gasteiger partial charge in [-0.3, -0.25) is 19.3 Å². The summed E-state index contributed by atoms with van der Waals surface area (Å²) in [6, 6.07) is 16.4. The fraction of sp³-hybridized carbons (Fsp3) is 0.348. The molecular formula is C23H24N2O4. The first kappa shape index (κ1) is 19.2. The number of amides is 3. The molecule has 1 saturated heterocycles. The van der Waals surface area contributed by atoms with Crippen molar-refractivity contribution in [3.05, 3.63) is 54.6 Å². The van der Waals surface area contributed by atoms with Gasteiger partial charge in [0.1, 0.15) is 18.0 Å². The van der Waals surface area contributed by atoms with Crippen LogP contribution in [0.1, 0.15) is 38.5 Å². The summed E-state index contributed by atoms with van der Waals surface area (Å²) >= 11 is 0. The van der Waals surface area contributed by atoms with Crippen LogP contribution in [0.2, 0.25) is 0 Å². The fourth-order valence-corrected chi connectivity index (χ4v) is 4.25. The molecule has 3 amide bonds. The zero-order chi connectivity index (χ0) is 20.3. The van der Waals surface area contributed by atoms with Crippen LogP contribution in [-0.4, -0.2) is 29.2 Å². The molecule has 1 spiro atoms. The van der Waals surface area contributed by atoms with Crippen LogP contribution in [0, 0.1) is 5.41 Å². The molecule has 2 aromatic rings. The zero-order valence-electron chi connectivity index (χ0n) is 16.2. The number of nitrogens with zero attached hydrogens (tertiary/aromatic N) is 1. The number of carbonyl (C=O) groups excluding carboxylic acids is 3. The second-order valence-corrected chi connectivity index (χ2v) is 7.79. The minimum atomic E-state index is -0.570. The Morgan fingerprint density at radius 1 is 0.966 bits per heavy atom. The predicted molar refractivity (Wildman–Crippen MR) is 108 cm³/mol. The van der Waals surface area contributed by atoms with E-state index in [1.165, 1.54) is 0 Å². The van der Waals surface area contributed by atoms with Crippen molar-refractivity contribution in [1.82, 2.24) is 4.90 Å². The number of carbonyl (C=O) groups is 3. The Labute approximate surface area is 169 Å². The lowest BCUT2D eigenvalue weighted by Gasteiger charge is -2.30. The quantitative estimate of drug-likeness (QED) is 0.777. The first-order chi connectivity index (χ1) is 14.1. The van der Waals surface area contributed by atoms with Gasteiger partial charge in [0.2, 0.25) is 17.7 Å². The molecule has 1 N–H and O–H groups in total. The van der Waals surface area contributed by atoms with Crippen LogP contribution >= 0.6 is 0 Å². The van der Waals surface area contributed by atoms with Crippen LogP contribution in [0.15, 0.2) is 54.6 Å². The molecule has 2 aliphatic rings. The van der Waals surface area contributed by atoms with E-state index >= 15 is 0 Å².